The van der Waals surface area contributed by atoms with E-state index in [2.05, 4.69) is 0 Å². The number of benzene rings is 1. The van der Waals surface area contributed by atoms with E-state index in [0.717, 1.165) is 17.2 Å². The number of carboxylic acid groups (broad SMARTS) is 1. The molecule has 0 atom stereocenters. The molecule has 0 radical (unpaired) electrons. The summed E-state index contributed by atoms with van der Waals surface area (Å²) in [6.07, 6.45) is 0.637. The van der Waals surface area contributed by atoms with Gasteiger partial charge in [0.15, 0.2) is 0 Å². The standard InChI is InChI=1S/C15H15NO5S/c1-10-14(8-13(21-10)15(17)18)22(19,20)16-7-6-11-4-2-3-5-12(11)9-16/h2-5,8H,6-7,9H2,1H3,(H,17,18). The lowest BCUT2D eigenvalue weighted by Gasteiger charge is -2.27. The minimum atomic E-state index is -3.77. The Labute approximate surface area is 128 Å². The Kier molecular flexibility index (Phi) is 3.54. The lowest BCUT2D eigenvalue weighted by atomic mass is 10.0. The maximum Gasteiger partial charge on any atom is 0.371 e. The van der Waals surface area contributed by atoms with Crippen LogP contribution in [0.15, 0.2) is 39.6 Å². The molecule has 0 fully saturated rings. The first kappa shape index (κ1) is 14.8. The number of carboxylic acids is 1. The smallest absolute Gasteiger partial charge is 0.371 e. The van der Waals surface area contributed by atoms with Crippen molar-refractivity contribution in [3.05, 3.63) is 53.0 Å². The third-order valence-electron chi connectivity index (χ3n) is 3.80. The lowest BCUT2D eigenvalue weighted by Crippen LogP contribution is -2.36. The Balaban J connectivity index is 1.96. The van der Waals surface area contributed by atoms with Gasteiger partial charge < -0.3 is 9.52 Å². The van der Waals surface area contributed by atoms with Crippen LogP contribution in [0.3, 0.4) is 0 Å². The van der Waals surface area contributed by atoms with Gasteiger partial charge in [0.2, 0.25) is 15.8 Å². The summed E-state index contributed by atoms with van der Waals surface area (Å²) in [7, 11) is -3.77. The number of carbonyl (C=O) groups is 1. The van der Waals surface area contributed by atoms with Crippen LogP contribution in [0.1, 0.15) is 27.4 Å². The molecule has 0 saturated heterocycles. The third kappa shape index (κ3) is 2.42. The highest BCUT2D eigenvalue weighted by Crippen LogP contribution is 2.28. The summed E-state index contributed by atoms with van der Waals surface area (Å²) < 4.78 is 31.8. The van der Waals surface area contributed by atoms with Crippen molar-refractivity contribution in [1.82, 2.24) is 4.31 Å². The van der Waals surface area contributed by atoms with Gasteiger partial charge in [-0.2, -0.15) is 4.31 Å². The average Bonchev–Trinajstić information content (AvgIpc) is 2.90. The van der Waals surface area contributed by atoms with E-state index in [1.54, 1.807) is 0 Å². The SMILES string of the molecule is Cc1oc(C(=O)O)cc1S(=O)(=O)N1CCc2ccccc2C1. The zero-order valence-electron chi connectivity index (χ0n) is 11.9. The van der Waals surface area contributed by atoms with E-state index >= 15 is 0 Å². The summed E-state index contributed by atoms with van der Waals surface area (Å²) in [6.45, 7) is 2.11. The first-order valence-electron chi connectivity index (χ1n) is 6.80. The molecule has 1 aliphatic heterocycles. The molecule has 1 N–H and O–H groups in total. The molecule has 0 spiro atoms. The van der Waals surface area contributed by atoms with Crippen LogP contribution in [-0.4, -0.2) is 30.3 Å². The second-order valence-electron chi connectivity index (χ2n) is 5.19. The Hall–Kier alpha value is -2.12. The van der Waals surface area contributed by atoms with Crippen molar-refractivity contribution in [2.45, 2.75) is 24.8 Å². The summed E-state index contributed by atoms with van der Waals surface area (Å²) in [5, 5.41) is 8.93. The third-order valence-corrected chi connectivity index (χ3v) is 5.75. The zero-order valence-corrected chi connectivity index (χ0v) is 12.8. The van der Waals surface area contributed by atoms with E-state index < -0.39 is 16.0 Å². The van der Waals surface area contributed by atoms with Crippen LogP contribution in [0.2, 0.25) is 0 Å². The van der Waals surface area contributed by atoms with Crippen molar-refractivity contribution in [1.29, 1.82) is 0 Å². The van der Waals surface area contributed by atoms with Crippen molar-refractivity contribution >= 4 is 16.0 Å². The highest BCUT2D eigenvalue weighted by molar-refractivity contribution is 7.89. The Bertz CT molecular complexity index is 837. The molecule has 0 saturated carbocycles. The molecule has 0 aliphatic carbocycles. The number of aromatic carboxylic acids is 1. The quantitative estimate of drug-likeness (QED) is 0.934. The summed E-state index contributed by atoms with van der Waals surface area (Å²) in [5.74, 6) is -1.56. The van der Waals surface area contributed by atoms with Gasteiger partial charge >= 0.3 is 5.97 Å². The van der Waals surface area contributed by atoms with Crippen LogP contribution in [0, 0.1) is 6.92 Å². The van der Waals surface area contributed by atoms with Crippen molar-refractivity contribution in [2.24, 2.45) is 0 Å². The molecule has 0 unspecified atom stereocenters. The molecular weight excluding hydrogens is 306 g/mol. The van der Waals surface area contributed by atoms with Gasteiger partial charge in [0.05, 0.1) is 0 Å². The Morgan fingerprint density at radius 1 is 1.27 bits per heavy atom. The summed E-state index contributed by atoms with van der Waals surface area (Å²) >= 11 is 0. The number of fused-ring (bicyclic) bond motifs is 1. The number of hydrogen-bond acceptors (Lipinski definition) is 4. The molecule has 6 nitrogen and oxygen atoms in total. The minimum Gasteiger partial charge on any atom is -0.475 e. The van der Waals surface area contributed by atoms with E-state index in [4.69, 9.17) is 9.52 Å². The molecule has 116 valence electrons. The van der Waals surface area contributed by atoms with Crippen molar-refractivity contribution in [3.8, 4) is 0 Å². The molecule has 7 heteroatoms. The first-order valence-corrected chi connectivity index (χ1v) is 8.24. The van der Waals surface area contributed by atoms with Gasteiger partial charge in [-0.25, -0.2) is 13.2 Å². The summed E-state index contributed by atoms with van der Waals surface area (Å²) in [4.78, 5) is 10.9. The molecule has 22 heavy (non-hydrogen) atoms. The molecule has 1 aromatic heterocycles. The van der Waals surface area contributed by atoms with E-state index in [-0.39, 0.29) is 23.0 Å². The van der Waals surface area contributed by atoms with E-state index in [1.165, 1.54) is 11.2 Å². The van der Waals surface area contributed by atoms with Crippen molar-refractivity contribution in [3.63, 3.8) is 0 Å². The maximum absolute atomic E-state index is 12.7. The van der Waals surface area contributed by atoms with Gasteiger partial charge in [0.1, 0.15) is 10.7 Å². The number of aryl methyl sites for hydroxylation is 1. The Morgan fingerprint density at radius 2 is 1.95 bits per heavy atom. The van der Waals surface area contributed by atoms with E-state index in [1.807, 2.05) is 24.3 Å². The monoisotopic (exact) mass is 321 g/mol. The maximum atomic E-state index is 12.7. The van der Waals surface area contributed by atoms with Crippen LogP contribution in [0.4, 0.5) is 0 Å². The molecule has 0 bridgehead atoms. The van der Waals surface area contributed by atoms with E-state index in [0.29, 0.717) is 13.0 Å². The zero-order chi connectivity index (χ0) is 15.9. The first-order chi connectivity index (χ1) is 10.4. The topological polar surface area (TPSA) is 87.8 Å². The highest BCUT2D eigenvalue weighted by atomic mass is 32.2. The molecule has 3 rings (SSSR count). The van der Waals surface area contributed by atoms with Gasteiger partial charge in [-0.05, 0) is 24.5 Å². The molecule has 1 aromatic carbocycles. The van der Waals surface area contributed by atoms with E-state index in [9.17, 15) is 13.2 Å². The van der Waals surface area contributed by atoms with Crippen LogP contribution in [0.5, 0.6) is 0 Å². The van der Waals surface area contributed by atoms with Crippen LogP contribution in [-0.2, 0) is 23.0 Å². The van der Waals surface area contributed by atoms with Crippen molar-refractivity contribution in [2.75, 3.05) is 6.54 Å². The van der Waals surface area contributed by atoms with Gasteiger partial charge in [-0.3, -0.25) is 0 Å². The molecule has 1 aliphatic rings. The van der Waals surface area contributed by atoms with Crippen LogP contribution in [0.25, 0.3) is 0 Å². The summed E-state index contributed by atoms with van der Waals surface area (Å²) in [6, 6.07) is 8.78. The van der Waals surface area contributed by atoms with Crippen LogP contribution >= 0.6 is 0 Å². The second kappa shape index (κ2) is 5.26. The number of nitrogens with zero attached hydrogens (tertiary/aromatic N) is 1. The molecular formula is C15H15NO5S. The molecule has 2 heterocycles. The summed E-state index contributed by atoms with van der Waals surface area (Å²) in [5.41, 5.74) is 2.11. The van der Waals surface area contributed by atoms with Gasteiger partial charge in [-0.15, -0.1) is 0 Å². The highest BCUT2D eigenvalue weighted by Gasteiger charge is 2.32. The van der Waals surface area contributed by atoms with Crippen LogP contribution < -0.4 is 0 Å². The number of furan rings is 1. The fourth-order valence-corrected chi connectivity index (χ4v) is 4.22. The number of hydrogen-bond donors (Lipinski definition) is 1. The lowest BCUT2D eigenvalue weighted by molar-refractivity contribution is 0.0661. The van der Waals surface area contributed by atoms with Crippen molar-refractivity contribution < 1.29 is 22.7 Å². The second-order valence-corrected chi connectivity index (χ2v) is 7.10. The average molecular weight is 321 g/mol. The van der Waals surface area contributed by atoms with Gasteiger partial charge in [0.25, 0.3) is 0 Å². The number of sulfonamides is 1. The fourth-order valence-electron chi connectivity index (χ4n) is 2.64. The largest absolute Gasteiger partial charge is 0.475 e. The predicted molar refractivity (Wildman–Crippen MR) is 78.1 cm³/mol. The molecule has 2 aromatic rings. The molecule has 0 amide bonds. The minimum absolute atomic E-state index is 0.0794. The van der Waals surface area contributed by atoms with Gasteiger partial charge in [0, 0.05) is 19.2 Å². The number of rotatable bonds is 3. The Morgan fingerprint density at radius 3 is 2.59 bits per heavy atom. The van der Waals surface area contributed by atoms with Gasteiger partial charge in [-0.1, -0.05) is 24.3 Å². The fraction of sp³-hybridized carbons (Fsp3) is 0.267. The predicted octanol–water partition coefficient (Wildman–Crippen LogP) is 2.03. The normalized spacial score (nSPS) is 15.5.